The minimum Gasteiger partial charge on any atom is -0.488 e. The van der Waals surface area contributed by atoms with E-state index in [1.165, 1.54) is 0 Å². The molecule has 0 spiro atoms. The first-order chi connectivity index (χ1) is 11.1. The van der Waals surface area contributed by atoms with E-state index in [2.05, 4.69) is 10.5 Å². The van der Waals surface area contributed by atoms with Crippen LogP contribution in [0.5, 0.6) is 5.75 Å². The Morgan fingerprint density at radius 1 is 1.22 bits per heavy atom. The van der Waals surface area contributed by atoms with Crippen LogP contribution in [0.4, 0.5) is 0 Å². The molecule has 0 unspecified atom stereocenters. The third-order valence-electron chi connectivity index (χ3n) is 3.87. The molecule has 1 aromatic heterocycles. The normalized spacial score (nSPS) is 10.7. The number of rotatable bonds is 4. The van der Waals surface area contributed by atoms with Gasteiger partial charge in [0.05, 0.1) is 16.8 Å². The molecule has 5 nitrogen and oxygen atoms in total. The lowest BCUT2D eigenvalue weighted by Gasteiger charge is -2.12. The van der Waals surface area contributed by atoms with Crippen LogP contribution >= 0.6 is 0 Å². The molecule has 1 N–H and O–H groups in total. The van der Waals surface area contributed by atoms with Crippen molar-refractivity contribution in [3.8, 4) is 5.75 Å². The second kappa shape index (κ2) is 6.12. The molecule has 0 atom stereocenters. The fourth-order valence-corrected chi connectivity index (χ4v) is 2.51. The number of hydrogen-bond acceptors (Lipinski definition) is 4. The summed E-state index contributed by atoms with van der Waals surface area (Å²) in [5.41, 5.74) is 2.21. The van der Waals surface area contributed by atoms with Gasteiger partial charge in [-0.15, -0.1) is 0 Å². The predicted molar refractivity (Wildman–Crippen MR) is 87.6 cm³/mol. The summed E-state index contributed by atoms with van der Waals surface area (Å²) in [4.78, 5) is 12.2. The zero-order chi connectivity index (χ0) is 16.4. The Morgan fingerprint density at radius 2 is 1.91 bits per heavy atom. The Kier molecular flexibility index (Phi) is 4.02. The molecule has 0 aliphatic carbocycles. The van der Waals surface area contributed by atoms with Crippen molar-refractivity contribution >= 4 is 16.7 Å². The second-order valence-electron chi connectivity index (χ2n) is 5.37. The monoisotopic (exact) mass is 310 g/mol. The quantitative estimate of drug-likeness (QED) is 0.802. The molecule has 0 saturated heterocycles. The number of amides is 1. The Bertz CT molecular complexity index is 848. The maximum atomic E-state index is 12.2. The van der Waals surface area contributed by atoms with Gasteiger partial charge in [0.15, 0.2) is 0 Å². The van der Waals surface area contributed by atoms with E-state index in [9.17, 15) is 4.79 Å². The third-order valence-corrected chi connectivity index (χ3v) is 3.87. The van der Waals surface area contributed by atoms with Crippen LogP contribution in [-0.2, 0) is 6.61 Å². The van der Waals surface area contributed by atoms with E-state index in [0.29, 0.717) is 17.9 Å². The van der Waals surface area contributed by atoms with Gasteiger partial charge in [0.2, 0.25) is 0 Å². The number of ether oxygens (including phenoxy) is 1. The van der Waals surface area contributed by atoms with E-state index in [-0.39, 0.29) is 5.91 Å². The van der Waals surface area contributed by atoms with Crippen molar-refractivity contribution in [2.24, 2.45) is 0 Å². The van der Waals surface area contributed by atoms with Crippen LogP contribution in [0.3, 0.4) is 0 Å². The van der Waals surface area contributed by atoms with E-state index in [4.69, 9.17) is 9.26 Å². The molecule has 0 radical (unpaired) electrons. The van der Waals surface area contributed by atoms with Crippen LogP contribution in [0.1, 0.15) is 27.4 Å². The molecular formula is C18H18N2O3. The molecule has 0 fully saturated rings. The second-order valence-corrected chi connectivity index (χ2v) is 5.37. The summed E-state index contributed by atoms with van der Waals surface area (Å²) in [5.74, 6) is 1.09. The lowest BCUT2D eigenvalue weighted by Crippen LogP contribution is -2.19. The highest BCUT2D eigenvalue weighted by molar-refractivity contribution is 6.01. The topological polar surface area (TPSA) is 64.4 Å². The number of nitrogens with zero attached hydrogens (tertiary/aromatic N) is 1. The molecular weight excluding hydrogens is 292 g/mol. The van der Waals surface area contributed by atoms with Gasteiger partial charge in [-0.25, -0.2) is 0 Å². The molecule has 0 saturated carbocycles. The van der Waals surface area contributed by atoms with Crippen molar-refractivity contribution in [1.29, 1.82) is 0 Å². The molecule has 23 heavy (non-hydrogen) atoms. The van der Waals surface area contributed by atoms with Gasteiger partial charge in [-0.05, 0) is 36.8 Å². The summed E-state index contributed by atoms with van der Waals surface area (Å²) in [7, 11) is 1.61. The van der Waals surface area contributed by atoms with Crippen molar-refractivity contribution in [1.82, 2.24) is 10.5 Å². The zero-order valence-corrected chi connectivity index (χ0v) is 13.3. The largest absolute Gasteiger partial charge is 0.488 e. The van der Waals surface area contributed by atoms with Gasteiger partial charge in [0, 0.05) is 7.05 Å². The van der Waals surface area contributed by atoms with Crippen LogP contribution < -0.4 is 10.1 Å². The average molecular weight is 310 g/mol. The summed E-state index contributed by atoms with van der Waals surface area (Å²) in [6.45, 7) is 4.03. The fraction of sp³-hybridized carbons (Fsp3) is 0.222. The molecule has 1 amide bonds. The average Bonchev–Trinajstić information content (AvgIpc) is 2.89. The fourth-order valence-electron chi connectivity index (χ4n) is 2.51. The first kappa shape index (κ1) is 15.1. The number of hydrogen-bond donors (Lipinski definition) is 1. The van der Waals surface area contributed by atoms with Gasteiger partial charge in [-0.1, -0.05) is 29.4 Å². The number of aryl methyl sites for hydroxylation is 2. The zero-order valence-electron chi connectivity index (χ0n) is 13.3. The number of benzene rings is 2. The third kappa shape index (κ3) is 2.90. The molecule has 1 heterocycles. The number of carbonyl (C=O) groups is 1. The number of nitrogens with one attached hydrogen (secondary N) is 1. The number of carbonyl (C=O) groups excluding carboxylic acids is 1. The molecule has 0 aliphatic rings. The SMILES string of the molecule is CNC(=O)c1cc2ccccc2cc1OCc1c(C)noc1C. The smallest absolute Gasteiger partial charge is 0.254 e. The van der Waals surface area contributed by atoms with E-state index in [1.807, 2.05) is 50.2 Å². The van der Waals surface area contributed by atoms with Crippen molar-refractivity contribution in [2.75, 3.05) is 7.05 Å². The molecule has 0 bridgehead atoms. The van der Waals surface area contributed by atoms with Crippen molar-refractivity contribution in [2.45, 2.75) is 20.5 Å². The minimum absolute atomic E-state index is 0.176. The summed E-state index contributed by atoms with van der Waals surface area (Å²) in [6.07, 6.45) is 0. The molecule has 2 aromatic carbocycles. The van der Waals surface area contributed by atoms with Gasteiger partial charge < -0.3 is 14.6 Å². The highest BCUT2D eigenvalue weighted by Gasteiger charge is 2.15. The van der Waals surface area contributed by atoms with Gasteiger partial charge in [-0.2, -0.15) is 0 Å². The lowest BCUT2D eigenvalue weighted by molar-refractivity contribution is 0.0959. The Labute approximate surface area is 134 Å². The molecule has 3 aromatic rings. The van der Waals surface area contributed by atoms with E-state index >= 15 is 0 Å². The van der Waals surface area contributed by atoms with Gasteiger partial charge in [0.25, 0.3) is 5.91 Å². The van der Waals surface area contributed by atoms with Gasteiger partial charge in [-0.3, -0.25) is 4.79 Å². The van der Waals surface area contributed by atoms with Crippen LogP contribution in [0.25, 0.3) is 10.8 Å². The van der Waals surface area contributed by atoms with Gasteiger partial charge >= 0.3 is 0 Å². The van der Waals surface area contributed by atoms with Gasteiger partial charge in [0.1, 0.15) is 18.1 Å². The molecule has 0 aliphatic heterocycles. The summed E-state index contributed by atoms with van der Waals surface area (Å²) in [5, 5.41) is 8.59. The van der Waals surface area contributed by atoms with Crippen molar-refractivity contribution in [3.63, 3.8) is 0 Å². The van der Waals surface area contributed by atoms with E-state index < -0.39 is 0 Å². The van der Waals surface area contributed by atoms with Crippen molar-refractivity contribution in [3.05, 3.63) is 59.0 Å². The number of aromatic nitrogens is 1. The molecule has 118 valence electrons. The van der Waals surface area contributed by atoms with E-state index in [1.54, 1.807) is 7.05 Å². The Balaban J connectivity index is 1.99. The highest BCUT2D eigenvalue weighted by atomic mass is 16.5. The van der Waals surface area contributed by atoms with Crippen LogP contribution in [0.15, 0.2) is 40.9 Å². The van der Waals surface area contributed by atoms with Crippen molar-refractivity contribution < 1.29 is 14.1 Å². The summed E-state index contributed by atoms with van der Waals surface area (Å²) in [6, 6.07) is 11.6. The number of fused-ring (bicyclic) bond motifs is 1. The molecule has 3 rings (SSSR count). The maximum absolute atomic E-state index is 12.2. The minimum atomic E-state index is -0.176. The standard InChI is InChI=1S/C18H18N2O3/c1-11-16(12(2)23-20-11)10-22-17-9-14-7-5-4-6-13(14)8-15(17)18(21)19-3/h4-9H,10H2,1-3H3,(H,19,21). The summed E-state index contributed by atoms with van der Waals surface area (Å²) < 4.78 is 11.1. The lowest BCUT2D eigenvalue weighted by atomic mass is 10.1. The molecule has 5 heteroatoms. The van der Waals surface area contributed by atoms with E-state index in [0.717, 1.165) is 27.8 Å². The van der Waals surface area contributed by atoms with Crippen LogP contribution in [-0.4, -0.2) is 18.1 Å². The first-order valence-electron chi connectivity index (χ1n) is 7.39. The Morgan fingerprint density at radius 3 is 2.52 bits per heavy atom. The summed E-state index contributed by atoms with van der Waals surface area (Å²) >= 11 is 0. The Hall–Kier alpha value is -2.82. The van der Waals surface area contributed by atoms with Crippen LogP contribution in [0, 0.1) is 13.8 Å². The maximum Gasteiger partial charge on any atom is 0.254 e. The predicted octanol–water partition coefficient (Wildman–Crippen LogP) is 3.38. The highest BCUT2D eigenvalue weighted by Crippen LogP contribution is 2.27. The van der Waals surface area contributed by atoms with Crippen LogP contribution in [0.2, 0.25) is 0 Å². The first-order valence-corrected chi connectivity index (χ1v) is 7.39.